The van der Waals surface area contributed by atoms with Gasteiger partial charge in [0.25, 0.3) is 0 Å². The number of amides is 1. The van der Waals surface area contributed by atoms with E-state index in [1.54, 1.807) is 0 Å². The number of nitrogens with one attached hydrogen (secondary N) is 2. The van der Waals surface area contributed by atoms with E-state index in [2.05, 4.69) is 41.2 Å². The number of aliphatic imine (C=N–C) groups is 1. The van der Waals surface area contributed by atoms with Gasteiger partial charge < -0.3 is 20.4 Å². The summed E-state index contributed by atoms with van der Waals surface area (Å²) in [6.07, 6.45) is 5.07. The Balaban J connectivity index is 1.70. The third-order valence-electron chi connectivity index (χ3n) is 5.90. The molecule has 2 heterocycles. The number of likely N-dealkylation sites (tertiary alicyclic amines) is 1. The van der Waals surface area contributed by atoms with E-state index in [1.807, 2.05) is 4.90 Å². The predicted molar refractivity (Wildman–Crippen MR) is 117 cm³/mol. The van der Waals surface area contributed by atoms with Crippen molar-refractivity contribution < 1.29 is 4.79 Å². The first-order valence-corrected chi connectivity index (χ1v) is 11.4. The quantitative estimate of drug-likeness (QED) is 0.351. The van der Waals surface area contributed by atoms with Crippen LogP contribution in [0, 0.1) is 0 Å². The number of guanidine groups is 1. The number of piperazine rings is 1. The Kier molecular flexibility index (Phi) is 10.6. The zero-order chi connectivity index (χ0) is 20.2. The number of carbonyl (C=O) groups is 1. The van der Waals surface area contributed by atoms with Crippen molar-refractivity contribution in [3.05, 3.63) is 0 Å². The minimum atomic E-state index is 0.329. The Morgan fingerprint density at radius 3 is 2.57 bits per heavy atom. The minimum absolute atomic E-state index is 0.329. The highest BCUT2D eigenvalue weighted by molar-refractivity contribution is 5.79. The molecule has 2 aliphatic rings. The summed E-state index contributed by atoms with van der Waals surface area (Å²) in [4.78, 5) is 24.0. The smallest absolute Gasteiger partial charge is 0.222 e. The first kappa shape index (κ1) is 22.9. The van der Waals surface area contributed by atoms with Gasteiger partial charge in [-0.3, -0.25) is 14.7 Å². The SMILES string of the molecule is CCNC(=NCC(C)N1CCN(CC)CC1)NCCCN1CCCCCC1=O. The molecule has 0 bridgehead atoms. The number of rotatable bonds is 9. The van der Waals surface area contributed by atoms with E-state index in [9.17, 15) is 4.79 Å². The van der Waals surface area contributed by atoms with Gasteiger partial charge in [-0.05, 0) is 39.7 Å². The summed E-state index contributed by atoms with van der Waals surface area (Å²) in [5, 5.41) is 6.79. The number of carbonyl (C=O) groups excluding carboxylic acids is 1. The molecule has 2 rings (SSSR count). The van der Waals surface area contributed by atoms with E-state index in [1.165, 1.54) is 6.42 Å². The molecule has 2 aliphatic heterocycles. The summed E-state index contributed by atoms with van der Waals surface area (Å²) < 4.78 is 0. The Hall–Kier alpha value is -1.34. The summed E-state index contributed by atoms with van der Waals surface area (Å²) in [6, 6.07) is 0.462. The second kappa shape index (κ2) is 13.0. The molecule has 0 aromatic rings. The monoisotopic (exact) mass is 394 g/mol. The highest BCUT2D eigenvalue weighted by Gasteiger charge is 2.20. The molecule has 2 saturated heterocycles. The van der Waals surface area contributed by atoms with E-state index < -0.39 is 0 Å². The van der Waals surface area contributed by atoms with Gasteiger partial charge in [-0.2, -0.15) is 0 Å². The van der Waals surface area contributed by atoms with Crippen molar-refractivity contribution in [2.75, 3.05) is 65.4 Å². The van der Waals surface area contributed by atoms with Gasteiger partial charge in [-0.25, -0.2) is 0 Å². The standard InChI is InChI=1S/C21H42N6O/c1-4-22-21(23-11-9-13-27-12-8-6-7-10-20(27)28)24-18-19(3)26-16-14-25(5-2)15-17-26/h19H,4-18H2,1-3H3,(H2,22,23,24). The summed E-state index contributed by atoms with van der Waals surface area (Å²) in [6.45, 7) is 16.7. The molecule has 1 unspecified atom stereocenters. The van der Waals surface area contributed by atoms with E-state index in [0.717, 1.165) is 97.1 Å². The number of hydrogen-bond donors (Lipinski definition) is 2. The van der Waals surface area contributed by atoms with Gasteiger partial charge in [0.05, 0.1) is 6.54 Å². The lowest BCUT2D eigenvalue weighted by Crippen LogP contribution is -2.50. The van der Waals surface area contributed by atoms with Crippen LogP contribution in [0.15, 0.2) is 4.99 Å². The second-order valence-electron chi connectivity index (χ2n) is 8.01. The average molecular weight is 395 g/mol. The third kappa shape index (κ3) is 7.95. The molecule has 1 amide bonds. The number of likely N-dealkylation sites (N-methyl/N-ethyl adjacent to an activating group) is 1. The lowest BCUT2D eigenvalue weighted by atomic mass is 10.2. The molecule has 7 heteroatoms. The van der Waals surface area contributed by atoms with Crippen LogP contribution in [-0.4, -0.2) is 98.1 Å². The van der Waals surface area contributed by atoms with Gasteiger partial charge in [-0.15, -0.1) is 0 Å². The van der Waals surface area contributed by atoms with Gasteiger partial charge in [-0.1, -0.05) is 13.3 Å². The van der Waals surface area contributed by atoms with Gasteiger partial charge in [0.1, 0.15) is 0 Å². The zero-order valence-electron chi connectivity index (χ0n) is 18.4. The highest BCUT2D eigenvalue weighted by atomic mass is 16.2. The van der Waals surface area contributed by atoms with Crippen LogP contribution in [0.5, 0.6) is 0 Å². The van der Waals surface area contributed by atoms with Gasteiger partial charge in [0, 0.05) is 64.8 Å². The molecule has 2 N–H and O–H groups in total. The molecule has 0 aliphatic carbocycles. The lowest BCUT2D eigenvalue weighted by Gasteiger charge is -2.37. The molecule has 28 heavy (non-hydrogen) atoms. The summed E-state index contributed by atoms with van der Waals surface area (Å²) >= 11 is 0. The molecular weight excluding hydrogens is 352 g/mol. The summed E-state index contributed by atoms with van der Waals surface area (Å²) in [5.41, 5.74) is 0. The fourth-order valence-corrected chi connectivity index (χ4v) is 3.95. The molecule has 162 valence electrons. The molecule has 0 spiro atoms. The van der Waals surface area contributed by atoms with Crippen molar-refractivity contribution >= 4 is 11.9 Å². The van der Waals surface area contributed by atoms with Crippen LogP contribution >= 0.6 is 0 Å². The number of nitrogens with zero attached hydrogens (tertiary/aromatic N) is 4. The topological polar surface area (TPSA) is 63.2 Å². The predicted octanol–water partition coefficient (Wildman–Crippen LogP) is 1.36. The maximum Gasteiger partial charge on any atom is 0.222 e. The third-order valence-corrected chi connectivity index (χ3v) is 5.90. The molecule has 2 fully saturated rings. The zero-order valence-corrected chi connectivity index (χ0v) is 18.4. The fraction of sp³-hybridized carbons (Fsp3) is 0.905. The second-order valence-corrected chi connectivity index (χ2v) is 8.01. The fourth-order valence-electron chi connectivity index (χ4n) is 3.95. The Morgan fingerprint density at radius 1 is 1.07 bits per heavy atom. The van der Waals surface area contributed by atoms with Crippen LogP contribution in [0.1, 0.15) is 52.9 Å². The molecule has 0 saturated carbocycles. The Bertz CT molecular complexity index is 476. The maximum absolute atomic E-state index is 12.1. The van der Waals surface area contributed by atoms with Crippen LogP contribution in [0.2, 0.25) is 0 Å². The van der Waals surface area contributed by atoms with Crippen LogP contribution in [0.25, 0.3) is 0 Å². The van der Waals surface area contributed by atoms with E-state index in [-0.39, 0.29) is 0 Å². The van der Waals surface area contributed by atoms with Gasteiger partial charge >= 0.3 is 0 Å². The molecule has 0 radical (unpaired) electrons. The van der Waals surface area contributed by atoms with Crippen molar-refractivity contribution in [1.29, 1.82) is 0 Å². The number of hydrogen-bond acceptors (Lipinski definition) is 4. The largest absolute Gasteiger partial charge is 0.357 e. The van der Waals surface area contributed by atoms with Crippen molar-refractivity contribution in [2.45, 2.75) is 58.9 Å². The van der Waals surface area contributed by atoms with Crippen molar-refractivity contribution in [2.24, 2.45) is 4.99 Å². The normalized spacial score (nSPS) is 21.5. The summed E-state index contributed by atoms with van der Waals surface area (Å²) in [5.74, 6) is 1.22. The van der Waals surface area contributed by atoms with Crippen LogP contribution < -0.4 is 10.6 Å². The average Bonchev–Trinajstić information content (AvgIpc) is 2.93. The van der Waals surface area contributed by atoms with Crippen LogP contribution in [0.4, 0.5) is 0 Å². The van der Waals surface area contributed by atoms with Crippen molar-refractivity contribution in [1.82, 2.24) is 25.3 Å². The van der Waals surface area contributed by atoms with Gasteiger partial charge in [0.15, 0.2) is 5.96 Å². The highest BCUT2D eigenvalue weighted by Crippen LogP contribution is 2.11. The molecule has 0 aromatic heterocycles. The van der Waals surface area contributed by atoms with Crippen LogP contribution in [-0.2, 0) is 4.79 Å². The first-order chi connectivity index (χ1) is 13.6. The first-order valence-electron chi connectivity index (χ1n) is 11.4. The van der Waals surface area contributed by atoms with E-state index >= 15 is 0 Å². The maximum atomic E-state index is 12.1. The molecule has 7 nitrogen and oxygen atoms in total. The molecule has 1 atom stereocenters. The van der Waals surface area contributed by atoms with Gasteiger partial charge in [0.2, 0.25) is 5.91 Å². The Labute approximate surface area is 171 Å². The van der Waals surface area contributed by atoms with Crippen LogP contribution in [0.3, 0.4) is 0 Å². The van der Waals surface area contributed by atoms with Crippen molar-refractivity contribution in [3.63, 3.8) is 0 Å². The summed E-state index contributed by atoms with van der Waals surface area (Å²) in [7, 11) is 0. The van der Waals surface area contributed by atoms with E-state index in [0.29, 0.717) is 11.9 Å². The Morgan fingerprint density at radius 2 is 1.86 bits per heavy atom. The van der Waals surface area contributed by atoms with Crippen molar-refractivity contribution in [3.8, 4) is 0 Å². The lowest BCUT2D eigenvalue weighted by molar-refractivity contribution is -0.130. The van der Waals surface area contributed by atoms with E-state index in [4.69, 9.17) is 4.99 Å². The molecular formula is C21H42N6O. The molecule has 0 aromatic carbocycles. The minimum Gasteiger partial charge on any atom is -0.357 e.